The molecule has 156 valence electrons. The van der Waals surface area contributed by atoms with Gasteiger partial charge < -0.3 is 14.7 Å². The molecule has 0 unspecified atom stereocenters. The van der Waals surface area contributed by atoms with Crippen LogP contribution < -0.4 is 10.5 Å². The molecule has 0 spiro atoms. The third-order valence-corrected chi connectivity index (χ3v) is 6.60. The summed E-state index contributed by atoms with van der Waals surface area (Å²) in [6, 6.07) is 1.73. The summed E-state index contributed by atoms with van der Waals surface area (Å²) in [5.74, 6) is 1.17. The highest BCUT2D eigenvalue weighted by atomic mass is 16.1. The molecule has 1 N–H and O–H groups in total. The van der Waals surface area contributed by atoms with E-state index >= 15 is 0 Å². The molecule has 6 heteroatoms. The number of rotatable bonds is 6. The molecule has 4 heterocycles. The zero-order valence-electron chi connectivity index (χ0n) is 17.8. The standard InChI is InChI=1S/C22H37N5O/c1-22(2,16-25-9-4-3-5-10-25)17-26-13-8-18(15-26)19-14-20(28)24-21(23-19)27-11-6-7-12-27/h14,18H,3-13,15-17H2,1-2H3,(H,23,24,28)/t18-/m1/s1. The third kappa shape index (κ3) is 4.95. The maximum atomic E-state index is 12.2. The highest BCUT2D eigenvalue weighted by Gasteiger charge is 2.31. The summed E-state index contributed by atoms with van der Waals surface area (Å²) in [6.45, 7) is 13.8. The summed E-state index contributed by atoms with van der Waals surface area (Å²) in [4.78, 5) is 27.5. The summed E-state index contributed by atoms with van der Waals surface area (Å²) >= 11 is 0. The van der Waals surface area contributed by atoms with Gasteiger partial charge in [-0.3, -0.25) is 9.78 Å². The predicted molar refractivity (Wildman–Crippen MR) is 114 cm³/mol. The number of aromatic nitrogens is 2. The number of anilines is 1. The van der Waals surface area contributed by atoms with Gasteiger partial charge in [0.15, 0.2) is 0 Å². The van der Waals surface area contributed by atoms with E-state index in [0.29, 0.717) is 11.3 Å². The number of H-pyrrole nitrogens is 1. The number of hydrogen-bond acceptors (Lipinski definition) is 5. The molecule has 1 atom stereocenters. The van der Waals surface area contributed by atoms with Gasteiger partial charge >= 0.3 is 0 Å². The van der Waals surface area contributed by atoms with E-state index in [4.69, 9.17) is 4.98 Å². The van der Waals surface area contributed by atoms with Gasteiger partial charge in [-0.2, -0.15) is 0 Å². The van der Waals surface area contributed by atoms with E-state index < -0.39 is 0 Å². The van der Waals surface area contributed by atoms with Crippen molar-refractivity contribution in [1.29, 1.82) is 0 Å². The van der Waals surface area contributed by atoms with Gasteiger partial charge in [0.2, 0.25) is 5.95 Å². The van der Waals surface area contributed by atoms with Crippen molar-refractivity contribution in [2.75, 3.05) is 57.3 Å². The largest absolute Gasteiger partial charge is 0.342 e. The van der Waals surface area contributed by atoms with Gasteiger partial charge in [-0.05, 0) is 57.2 Å². The quantitative estimate of drug-likeness (QED) is 0.813. The maximum absolute atomic E-state index is 12.2. The van der Waals surface area contributed by atoms with Crippen LogP contribution in [0, 0.1) is 5.41 Å². The van der Waals surface area contributed by atoms with Crippen molar-refractivity contribution in [3.05, 3.63) is 22.1 Å². The number of aromatic amines is 1. The summed E-state index contributed by atoms with van der Waals surface area (Å²) < 4.78 is 0. The first-order valence-corrected chi connectivity index (χ1v) is 11.3. The van der Waals surface area contributed by atoms with Crippen molar-refractivity contribution in [3.8, 4) is 0 Å². The summed E-state index contributed by atoms with van der Waals surface area (Å²) in [7, 11) is 0. The first kappa shape index (κ1) is 19.9. The molecule has 28 heavy (non-hydrogen) atoms. The highest BCUT2D eigenvalue weighted by molar-refractivity contribution is 5.32. The molecule has 4 rings (SSSR count). The molecule has 3 aliphatic rings. The van der Waals surface area contributed by atoms with Gasteiger partial charge in [-0.25, -0.2) is 4.98 Å². The molecular weight excluding hydrogens is 350 g/mol. The number of likely N-dealkylation sites (tertiary alicyclic amines) is 2. The van der Waals surface area contributed by atoms with E-state index in [-0.39, 0.29) is 5.56 Å². The summed E-state index contributed by atoms with van der Waals surface area (Å²) in [5, 5.41) is 0. The van der Waals surface area contributed by atoms with Crippen molar-refractivity contribution in [2.45, 2.75) is 58.3 Å². The van der Waals surface area contributed by atoms with Crippen molar-refractivity contribution in [2.24, 2.45) is 5.41 Å². The Bertz CT molecular complexity index is 703. The Morgan fingerprint density at radius 2 is 1.68 bits per heavy atom. The van der Waals surface area contributed by atoms with E-state index in [2.05, 4.69) is 33.5 Å². The average molecular weight is 388 g/mol. The Morgan fingerprint density at radius 3 is 2.43 bits per heavy atom. The number of hydrogen-bond donors (Lipinski definition) is 1. The fourth-order valence-corrected chi connectivity index (χ4v) is 5.35. The Morgan fingerprint density at radius 1 is 1.00 bits per heavy atom. The molecule has 3 aliphatic heterocycles. The lowest BCUT2D eigenvalue weighted by atomic mass is 9.91. The smallest absolute Gasteiger partial charge is 0.252 e. The van der Waals surface area contributed by atoms with Crippen molar-refractivity contribution < 1.29 is 0 Å². The molecule has 0 radical (unpaired) electrons. The van der Waals surface area contributed by atoms with E-state index in [9.17, 15) is 4.79 Å². The summed E-state index contributed by atoms with van der Waals surface area (Å²) in [6.07, 6.45) is 7.60. The second-order valence-electron chi connectivity index (χ2n) is 9.91. The topological polar surface area (TPSA) is 55.5 Å². The molecular formula is C22H37N5O. The van der Waals surface area contributed by atoms with E-state index in [1.807, 2.05) is 0 Å². The zero-order chi connectivity index (χ0) is 19.6. The Kier molecular flexibility index (Phi) is 6.07. The van der Waals surface area contributed by atoms with Crippen LogP contribution in [0.4, 0.5) is 5.95 Å². The summed E-state index contributed by atoms with van der Waals surface area (Å²) in [5.41, 5.74) is 1.28. The Balaban J connectivity index is 1.36. The lowest BCUT2D eigenvalue weighted by Gasteiger charge is -2.37. The first-order chi connectivity index (χ1) is 13.5. The van der Waals surface area contributed by atoms with Crippen molar-refractivity contribution >= 4 is 5.95 Å². The van der Waals surface area contributed by atoms with Crippen LogP contribution >= 0.6 is 0 Å². The average Bonchev–Trinajstić information content (AvgIpc) is 3.33. The Hall–Kier alpha value is -1.40. The fraction of sp³-hybridized carbons (Fsp3) is 0.818. The van der Waals surface area contributed by atoms with Gasteiger partial charge in [0.25, 0.3) is 5.56 Å². The van der Waals surface area contributed by atoms with Crippen LogP contribution in [0.3, 0.4) is 0 Å². The predicted octanol–water partition coefficient (Wildman–Crippen LogP) is 2.67. The molecule has 0 bridgehead atoms. The molecule has 0 saturated carbocycles. The SMILES string of the molecule is CC(C)(CN1CCCCC1)CN1CC[C@@H](c2cc(=O)[nH]c(N3CCCC3)n2)C1. The van der Waals surface area contributed by atoms with Crippen LogP contribution in [0.25, 0.3) is 0 Å². The van der Waals surface area contributed by atoms with E-state index in [1.165, 1.54) is 51.7 Å². The van der Waals surface area contributed by atoms with Crippen LogP contribution in [0.15, 0.2) is 10.9 Å². The van der Waals surface area contributed by atoms with Crippen LogP contribution in [-0.4, -0.2) is 72.1 Å². The highest BCUT2D eigenvalue weighted by Crippen LogP contribution is 2.30. The van der Waals surface area contributed by atoms with Gasteiger partial charge in [0.1, 0.15) is 0 Å². The van der Waals surface area contributed by atoms with Crippen molar-refractivity contribution in [1.82, 2.24) is 19.8 Å². The van der Waals surface area contributed by atoms with E-state index in [0.717, 1.165) is 50.8 Å². The molecule has 0 aliphatic carbocycles. The first-order valence-electron chi connectivity index (χ1n) is 11.3. The lowest BCUT2D eigenvalue weighted by Crippen LogP contribution is -2.43. The van der Waals surface area contributed by atoms with Crippen LogP contribution in [0.5, 0.6) is 0 Å². The van der Waals surface area contributed by atoms with Crippen LogP contribution in [0.1, 0.15) is 64.0 Å². The maximum Gasteiger partial charge on any atom is 0.252 e. The van der Waals surface area contributed by atoms with Crippen molar-refractivity contribution in [3.63, 3.8) is 0 Å². The molecule has 1 aromatic heterocycles. The number of nitrogens with one attached hydrogen (secondary N) is 1. The Labute approximate surface area is 169 Å². The minimum atomic E-state index is -0.00391. The molecule has 6 nitrogen and oxygen atoms in total. The molecule has 0 amide bonds. The van der Waals surface area contributed by atoms with Gasteiger partial charge in [0.05, 0.1) is 5.69 Å². The molecule has 1 aromatic rings. The molecule has 3 saturated heterocycles. The monoisotopic (exact) mass is 387 g/mol. The van der Waals surface area contributed by atoms with E-state index in [1.54, 1.807) is 6.07 Å². The van der Waals surface area contributed by atoms with Crippen LogP contribution in [-0.2, 0) is 0 Å². The van der Waals surface area contributed by atoms with Gasteiger partial charge in [-0.1, -0.05) is 20.3 Å². The second kappa shape index (κ2) is 8.54. The fourth-order valence-electron chi connectivity index (χ4n) is 5.35. The zero-order valence-corrected chi connectivity index (χ0v) is 17.8. The van der Waals surface area contributed by atoms with Gasteiger partial charge in [-0.15, -0.1) is 0 Å². The van der Waals surface area contributed by atoms with Gasteiger partial charge in [0, 0.05) is 44.7 Å². The second-order valence-corrected chi connectivity index (χ2v) is 9.91. The molecule has 0 aromatic carbocycles. The minimum absolute atomic E-state index is 0.00391. The lowest BCUT2D eigenvalue weighted by molar-refractivity contribution is 0.117. The van der Waals surface area contributed by atoms with Crippen LogP contribution in [0.2, 0.25) is 0 Å². The minimum Gasteiger partial charge on any atom is -0.342 e. The number of piperidine rings is 1. The molecule has 3 fully saturated rings. The number of nitrogens with zero attached hydrogens (tertiary/aromatic N) is 4. The third-order valence-electron chi connectivity index (χ3n) is 6.60. The normalized spacial score (nSPS) is 24.9.